The van der Waals surface area contributed by atoms with E-state index in [1.165, 1.54) is 11.9 Å². The summed E-state index contributed by atoms with van der Waals surface area (Å²) >= 11 is 5.86. The van der Waals surface area contributed by atoms with Crippen molar-refractivity contribution in [3.05, 3.63) is 28.8 Å². The molecule has 4 heteroatoms. The molecule has 0 saturated heterocycles. The Morgan fingerprint density at radius 1 is 1.43 bits per heavy atom. The number of aromatic nitrogens is 2. The van der Waals surface area contributed by atoms with E-state index in [4.69, 9.17) is 11.6 Å². The standard InChI is InChI=1S/C10H12ClN3/c1-7(2)4-5-12-9-8(3)13-6-14-10(9)11/h4-6H,1-3H3/b12-5-. The predicted molar refractivity (Wildman–Crippen MR) is 59.4 cm³/mol. The first-order valence-corrected chi connectivity index (χ1v) is 4.63. The van der Waals surface area contributed by atoms with Crippen LogP contribution in [0.25, 0.3) is 0 Å². The van der Waals surface area contributed by atoms with Crippen LogP contribution in [0.5, 0.6) is 0 Å². The summed E-state index contributed by atoms with van der Waals surface area (Å²) < 4.78 is 0. The van der Waals surface area contributed by atoms with E-state index >= 15 is 0 Å². The van der Waals surface area contributed by atoms with E-state index in [1.807, 2.05) is 26.8 Å². The smallest absolute Gasteiger partial charge is 0.158 e. The molecule has 74 valence electrons. The normalized spacial score (nSPS) is 10.6. The Morgan fingerprint density at radius 2 is 2.14 bits per heavy atom. The average Bonchev–Trinajstić information content (AvgIpc) is 2.09. The summed E-state index contributed by atoms with van der Waals surface area (Å²) in [6.07, 6.45) is 5.03. The third kappa shape index (κ3) is 2.92. The number of halogens is 1. The van der Waals surface area contributed by atoms with Crippen LogP contribution in [0.3, 0.4) is 0 Å². The highest BCUT2D eigenvalue weighted by molar-refractivity contribution is 6.31. The Morgan fingerprint density at radius 3 is 2.71 bits per heavy atom. The molecule has 0 N–H and O–H groups in total. The summed E-state index contributed by atoms with van der Waals surface area (Å²) in [5.41, 5.74) is 2.59. The number of nitrogens with zero attached hydrogens (tertiary/aromatic N) is 3. The second-order valence-corrected chi connectivity index (χ2v) is 3.48. The molecule has 3 nitrogen and oxygen atoms in total. The zero-order valence-corrected chi connectivity index (χ0v) is 9.21. The fourth-order valence-electron chi connectivity index (χ4n) is 0.845. The van der Waals surface area contributed by atoms with Gasteiger partial charge in [-0.05, 0) is 26.8 Å². The van der Waals surface area contributed by atoms with Crippen LogP contribution in [-0.4, -0.2) is 16.2 Å². The Labute approximate surface area is 88.6 Å². The highest BCUT2D eigenvalue weighted by atomic mass is 35.5. The molecule has 14 heavy (non-hydrogen) atoms. The summed E-state index contributed by atoms with van der Waals surface area (Å²) in [4.78, 5) is 12.1. The molecule has 0 spiro atoms. The van der Waals surface area contributed by atoms with Crippen LogP contribution >= 0.6 is 11.6 Å². The van der Waals surface area contributed by atoms with Gasteiger partial charge in [0.25, 0.3) is 0 Å². The highest BCUT2D eigenvalue weighted by Gasteiger charge is 2.02. The number of rotatable bonds is 2. The van der Waals surface area contributed by atoms with E-state index in [1.54, 1.807) is 6.21 Å². The molecule has 0 aliphatic rings. The van der Waals surface area contributed by atoms with Gasteiger partial charge in [0.05, 0.1) is 5.69 Å². The van der Waals surface area contributed by atoms with Gasteiger partial charge in [-0.15, -0.1) is 0 Å². The molecule has 0 saturated carbocycles. The van der Waals surface area contributed by atoms with Crippen molar-refractivity contribution in [1.82, 2.24) is 9.97 Å². The van der Waals surface area contributed by atoms with Crippen LogP contribution in [0.2, 0.25) is 5.15 Å². The first-order valence-electron chi connectivity index (χ1n) is 4.26. The van der Waals surface area contributed by atoms with E-state index in [-0.39, 0.29) is 0 Å². The first kappa shape index (κ1) is 10.9. The lowest BCUT2D eigenvalue weighted by Gasteiger charge is -1.98. The predicted octanol–water partition coefficient (Wildman–Crippen LogP) is 3.11. The first-order chi connectivity index (χ1) is 6.61. The van der Waals surface area contributed by atoms with Crippen LogP contribution in [-0.2, 0) is 0 Å². The molecule has 1 rings (SSSR count). The van der Waals surface area contributed by atoms with E-state index in [9.17, 15) is 0 Å². The molecule has 1 aromatic heterocycles. The lowest BCUT2D eigenvalue weighted by Crippen LogP contribution is -1.85. The number of allylic oxidation sites excluding steroid dienone is 2. The monoisotopic (exact) mass is 209 g/mol. The lowest BCUT2D eigenvalue weighted by molar-refractivity contribution is 1.09. The van der Waals surface area contributed by atoms with E-state index < -0.39 is 0 Å². The molecule has 0 fully saturated rings. The van der Waals surface area contributed by atoms with E-state index in [2.05, 4.69) is 15.0 Å². The molecular weight excluding hydrogens is 198 g/mol. The third-order valence-corrected chi connectivity index (χ3v) is 1.85. The van der Waals surface area contributed by atoms with Crippen LogP contribution in [0.15, 0.2) is 23.0 Å². The van der Waals surface area contributed by atoms with Gasteiger partial charge in [0.15, 0.2) is 5.15 Å². The zero-order chi connectivity index (χ0) is 10.6. The van der Waals surface area contributed by atoms with Gasteiger partial charge >= 0.3 is 0 Å². The third-order valence-electron chi connectivity index (χ3n) is 1.57. The molecule has 0 aliphatic carbocycles. The summed E-state index contributed by atoms with van der Waals surface area (Å²) in [5.74, 6) is 0. The molecule has 0 aliphatic heterocycles. The Hall–Kier alpha value is -1.22. The maximum absolute atomic E-state index is 5.86. The Balaban J connectivity index is 2.97. The van der Waals surface area contributed by atoms with Crippen LogP contribution < -0.4 is 0 Å². The van der Waals surface area contributed by atoms with Crippen molar-refractivity contribution < 1.29 is 0 Å². The molecular formula is C10H12ClN3. The number of aryl methyl sites for hydroxylation is 1. The van der Waals surface area contributed by atoms with Crippen LogP contribution in [0.4, 0.5) is 5.69 Å². The topological polar surface area (TPSA) is 38.1 Å². The molecule has 0 aromatic carbocycles. The summed E-state index contributed by atoms with van der Waals surface area (Å²) in [7, 11) is 0. The number of aliphatic imine (C=N–C) groups is 1. The summed E-state index contributed by atoms with van der Waals surface area (Å²) in [6, 6.07) is 0. The van der Waals surface area contributed by atoms with Crippen molar-refractivity contribution in [2.75, 3.05) is 0 Å². The molecule has 0 atom stereocenters. The summed E-state index contributed by atoms with van der Waals surface area (Å²) in [6.45, 7) is 5.85. The van der Waals surface area contributed by atoms with Gasteiger partial charge in [-0.3, -0.25) is 4.99 Å². The largest absolute Gasteiger partial charge is 0.252 e. The molecule has 1 heterocycles. The second kappa shape index (κ2) is 4.86. The van der Waals surface area contributed by atoms with Crippen molar-refractivity contribution in [1.29, 1.82) is 0 Å². The summed E-state index contributed by atoms with van der Waals surface area (Å²) in [5, 5.41) is 0.385. The van der Waals surface area contributed by atoms with Gasteiger partial charge in [0.1, 0.15) is 12.0 Å². The van der Waals surface area contributed by atoms with Gasteiger partial charge in [-0.1, -0.05) is 17.2 Å². The molecule has 0 bridgehead atoms. The fraction of sp³-hybridized carbons (Fsp3) is 0.300. The minimum atomic E-state index is 0.385. The van der Waals surface area contributed by atoms with E-state index in [0.717, 1.165) is 5.69 Å². The number of hydrogen-bond donors (Lipinski definition) is 0. The lowest BCUT2D eigenvalue weighted by atomic mass is 10.3. The number of hydrogen-bond acceptors (Lipinski definition) is 3. The molecule has 0 unspecified atom stereocenters. The van der Waals surface area contributed by atoms with Gasteiger partial charge < -0.3 is 0 Å². The Kier molecular flexibility index (Phi) is 3.77. The highest BCUT2D eigenvalue weighted by Crippen LogP contribution is 2.23. The van der Waals surface area contributed by atoms with E-state index in [0.29, 0.717) is 10.8 Å². The maximum Gasteiger partial charge on any atom is 0.158 e. The average molecular weight is 210 g/mol. The molecule has 0 radical (unpaired) electrons. The van der Waals surface area contributed by atoms with Crippen molar-refractivity contribution in [3.8, 4) is 0 Å². The van der Waals surface area contributed by atoms with Crippen molar-refractivity contribution in [2.24, 2.45) is 4.99 Å². The van der Waals surface area contributed by atoms with Gasteiger partial charge in [-0.2, -0.15) is 0 Å². The van der Waals surface area contributed by atoms with Gasteiger partial charge in [0, 0.05) is 6.21 Å². The van der Waals surface area contributed by atoms with Gasteiger partial charge in [0.2, 0.25) is 0 Å². The Bertz CT molecular complexity index is 359. The second-order valence-electron chi connectivity index (χ2n) is 3.12. The zero-order valence-electron chi connectivity index (χ0n) is 8.45. The van der Waals surface area contributed by atoms with Gasteiger partial charge in [-0.25, -0.2) is 9.97 Å². The van der Waals surface area contributed by atoms with Crippen molar-refractivity contribution in [3.63, 3.8) is 0 Å². The van der Waals surface area contributed by atoms with Crippen LogP contribution in [0, 0.1) is 6.92 Å². The SMILES string of the molecule is CC(C)=C/C=N\c1c(C)ncnc1Cl. The fourth-order valence-corrected chi connectivity index (χ4v) is 1.07. The van der Waals surface area contributed by atoms with Crippen molar-refractivity contribution in [2.45, 2.75) is 20.8 Å². The minimum absolute atomic E-state index is 0.385. The van der Waals surface area contributed by atoms with Crippen molar-refractivity contribution >= 4 is 23.5 Å². The quantitative estimate of drug-likeness (QED) is 0.555. The molecule has 0 amide bonds. The maximum atomic E-state index is 5.86. The molecule has 1 aromatic rings. The van der Waals surface area contributed by atoms with Crippen LogP contribution in [0.1, 0.15) is 19.5 Å². The minimum Gasteiger partial charge on any atom is -0.252 e.